The fourth-order valence-electron chi connectivity index (χ4n) is 4.16. The normalized spacial score (nSPS) is 15.9. The number of nitrogens with zero attached hydrogens (tertiary/aromatic N) is 1. The highest BCUT2D eigenvalue weighted by Crippen LogP contribution is 2.24. The summed E-state index contributed by atoms with van der Waals surface area (Å²) in [5, 5.41) is 6.03. The zero-order valence-electron chi connectivity index (χ0n) is 21.3. The van der Waals surface area contributed by atoms with Crippen molar-refractivity contribution in [2.75, 3.05) is 20.2 Å². The molecule has 35 heavy (non-hydrogen) atoms. The molecule has 7 heteroatoms. The first-order valence-corrected chi connectivity index (χ1v) is 12.3. The third-order valence-corrected chi connectivity index (χ3v) is 6.89. The number of carbonyl (C=O) groups excluding carboxylic acids is 3. The number of hydrogen-bond acceptors (Lipinski definition) is 4. The lowest BCUT2D eigenvalue weighted by atomic mass is 9.87. The van der Waals surface area contributed by atoms with Crippen molar-refractivity contribution in [3.05, 3.63) is 65.2 Å². The molecular formula is C28H37N3O4. The molecule has 1 aliphatic heterocycles. The summed E-state index contributed by atoms with van der Waals surface area (Å²) >= 11 is 0. The van der Waals surface area contributed by atoms with E-state index in [0.29, 0.717) is 42.8 Å². The van der Waals surface area contributed by atoms with Crippen LogP contribution in [0.4, 0.5) is 0 Å². The van der Waals surface area contributed by atoms with Gasteiger partial charge in [0, 0.05) is 30.3 Å². The zero-order chi connectivity index (χ0) is 25.5. The van der Waals surface area contributed by atoms with E-state index in [1.807, 2.05) is 56.9 Å². The van der Waals surface area contributed by atoms with Crippen LogP contribution in [0, 0.1) is 18.8 Å². The Morgan fingerprint density at radius 2 is 1.46 bits per heavy atom. The summed E-state index contributed by atoms with van der Waals surface area (Å²) in [6.07, 6.45) is 1.27. The molecule has 0 unspecified atom stereocenters. The van der Waals surface area contributed by atoms with Crippen LogP contribution in [0.25, 0.3) is 0 Å². The Morgan fingerprint density at radius 1 is 0.886 bits per heavy atom. The van der Waals surface area contributed by atoms with Gasteiger partial charge in [-0.2, -0.15) is 0 Å². The zero-order valence-corrected chi connectivity index (χ0v) is 21.3. The molecule has 0 radical (unpaired) electrons. The number of hydrogen-bond donors (Lipinski definition) is 2. The van der Waals surface area contributed by atoms with E-state index in [2.05, 4.69) is 10.6 Å². The molecule has 0 spiro atoms. The molecule has 0 saturated carbocycles. The maximum atomic E-state index is 13.3. The Bertz CT molecular complexity index is 1010. The van der Waals surface area contributed by atoms with E-state index in [-0.39, 0.29) is 35.6 Å². The third kappa shape index (κ3) is 6.84. The summed E-state index contributed by atoms with van der Waals surface area (Å²) < 4.78 is 5.17. The number of methoxy groups -OCH3 is 1. The number of amides is 3. The lowest BCUT2D eigenvalue weighted by Gasteiger charge is -2.36. The predicted molar refractivity (Wildman–Crippen MR) is 136 cm³/mol. The molecular weight excluding hydrogens is 442 g/mol. The highest BCUT2D eigenvalue weighted by molar-refractivity contribution is 5.98. The number of carbonyl (C=O) groups is 3. The first-order chi connectivity index (χ1) is 16.7. The lowest BCUT2D eigenvalue weighted by molar-refractivity contribution is -0.125. The third-order valence-electron chi connectivity index (χ3n) is 6.89. The van der Waals surface area contributed by atoms with E-state index in [4.69, 9.17) is 4.74 Å². The van der Waals surface area contributed by atoms with Gasteiger partial charge >= 0.3 is 0 Å². The van der Waals surface area contributed by atoms with Gasteiger partial charge in [-0.05, 0) is 74.9 Å². The first-order valence-electron chi connectivity index (χ1n) is 12.3. The van der Waals surface area contributed by atoms with Gasteiger partial charge in [0.25, 0.3) is 11.8 Å². The second-order valence-electron chi connectivity index (χ2n) is 9.72. The molecule has 1 saturated heterocycles. The van der Waals surface area contributed by atoms with Gasteiger partial charge in [0.15, 0.2) is 0 Å². The van der Waals surface area contributed by atoms with Crippen LogP contribution < -0.4 is 15.4 Å². The van der Waals surface area contributed by atoms with Crippen LogP contribution >= 0.6 is 0 Å². The first kappa shape index (κ1) is 26.3. The second-order valence-corrected chi connectivity index (χ2v) is 9.72. The Balaban J connectivity index is 1.71. The van der Waals surface area contributed by atoms with E-state index in [1.54, 1.807) is 31.4 Å². The van der Waals surface area contributed by atoms with Crippen molar-refractivity contribution in [2.45, 2.75) is 52.6 Å². The van der Waals surface area contributed by atoms with Crippen molar-refractivity contribution >= 4 is 17.7 Å². The molecule has 2 atom stereocenters. The van der Waals surface area contributed by atoms with Crippen molar-refractivity contribution in [1.29, 1.82) is 0 Å². The van der Waals surface area contributed by atoms with Crippen molar-refractivity contribution in [1.82, 2.24) is 15.5 Å². The van der Waals surface area contributed by atoms with Gasteiger partial charge in [0.1, 0.15) is 11.8 Å². The van der Waals surface area contributed by atoms with Gasteiger partial charge in [0.05, 0.1) is 7.11 Å². The Labute approximate surface area is 208 Å². The van der Waals surface area contributed by atoms with E-state index >= 15 is 0 Å². The molecule has 2 aromatic carbocycles. The number of ether oxygens (including phenoxy) is 1. The molecule has 2 aromatic rings. The maximum absolute atomic E-state index is 13.3. The van der Waals surface area contributed by atoms with Crippen molar-refractivity contribution in [2.24, 2.45) is 11.8 Å². The summed E-state index contributed by atoms with van der Waals surface area (Å²) in [7, 11) is 1.57. The Kier molecular flexibility index (Phi) is 8.90. The number of benzene rings is 2. The highest BCUT2D eigenvalue weighted by atomic mass is 16.5. The van der Waals surface area contributed by atoms with Crippen LogP contribution in [-0.4, -0.2) is 54.9 Å². The average molecular weight is 480 g/mol. The minimum Gasteiger partial charge on any atom is -0.497 e. The Hall–Kier alpha value is -3.35. The van der Waals surface area contributed by atoms with E-state index in [9.17, 15) is 14.4 Å². The van der Waals surface area contributed by atoms with Gasteiger partial charge in [-0.1, -0.05) is 31.5 Å². The fourth-order valence-corrected chi connectivity index (χ4v) is 4.16. The fraction of sp³-hybridized carbons (Fsp3) is 0.464. The topological polar surface area (TPSA) is 87.7 Å². The molecule has 1 fully saturated rings. The highest BCUT2D eigenvalue weighted by Gasteiger charge is 2.35. The molecule has 0 aromatic heterocycles. The number of aryl methyl sites for hydroxylation is 1. The summed E-state index contributed by atoms with van der Waals surface area (Å²) in [5.74, 6) is 0.372. The molecule has 0 aliphatic carbocycles. The van der Waals surface area contributed by atoms with Crippen molar-refractivity contribution in [3.8, 4) is 5.75 Å². The molecule has 1 heterocycles. The molecule has 1 aliphatic rings. The van der Waals surface area contributed by atoms with Gasteiger partial charge < -0.3 is 20.3 Å². The maximum Gasteiger partial charge on any atom is 0.253 e. The monoisotopic (exact) mass is 479 g/mol. The Morgan fingerprint density at radius 3 is 2.00 bits per heavy atom. The molecule has 3 rings (SSSR count). The largest absolute Gasteiger partial charge is 0.497 e. The van der Waals surface area contributed by atoms with Crippen LogP contribution in [0.1, 0.15) is 59.9 Å². The van der Waals surface area contributed by atoms with Crippen LogP contribution in [0.2, 0.25) is 0 Å². The SMILES string of the molecule is COc1ccc(C(=O)N[C@@H](C(=O)N[C@@H](C)C(C)C)C2CCN(C(=O)c3ccc(C)cc3)CC2)cc1. The predicted octanol–water partition coefficient (Wildman–Crippen LogP) is 3.82. The molecule has 188 valence electrons. The van der Waals surface area contributed by atoms with Crippen LogP contribution in [0.15, 0.2) is 48.5 Å². The number of piperidine rings is 1. The standard InChI is InChI=1S/C28H37N3O4/c1-18(2)20(4)29-27(33)25(30-26(32)22-10-12-24(35-5)13-11-22)21-14-16-31(17-15-21)28(34)23-8-6-19(3)7-9-23/h6-13,18,20-21,25H,14-17H2,1-5H3,(H,29,33)(H,30,32)/t20-,25+/m0/s1. The molecule has 7 nitrogen and oxygen atoms in total. The lowest BCUT2D eigenvalue weighted by Crippen LogP contribution is -2.55. The second kappa shape index (κ2) is 11.9. The van der Waals surface area contributed by atoms with E-state index < -0.39 is 6.04 Å². The summed E-state index contributed by atoms with van der Waals surface area (Å²) in [5.41, 5.74) is 2.24. The van der Waals surface area contributed by atoms with Gasteiger partial charge in [0.2, 0.25) is 5.91 Å². The van der Waals surface area contributed by atoms with Crippen molar-refractivity contribution in [3.63, 3.8) is 0 Å². The van der Waals surface area contributed by atoms with Crippen LogP contribution in [0.5, 0.6) is 5.75 Å². The van der Waals surface area contributed by atoms with Gasteiger partial charge in [-0.15, -0.1) is 0 Å². The van der Waals surface area contributed by atoms with Gasteiger partial charge in [-0.3, -0.25) is 14.4 Å². The quantitative estimate of drug-likeness (QED) is 0.603. The molecule has 2 N–H and O–H groups in total. The minimum absolute atomic E-state index is 0.000139. The van der Waals surface area contributed by atoms with Crippen LogP contribution in [-0.2, 0) is 4.79 Å². The van der Waals surface area contributed by atoms with Crippen LogP contribution in [0.3, 0.4) is 0 Å². The molecule has 0 bridgehead atoms. The average Bonchev–Trinajstić information content (AvgIpc) is 2.87. The summed E-state index contributed by atoms with van der Waals surface area (Å²) in [6, 6.07) is 13.7. The summed E-state index contributed by atoms with van der Waals surface area (Å²) in [6.45, 7) is 9.13. The van der Waals surface area contributed by atoms with Crippen molar-refractivity contribution < 1.29 is 19.1 Å². The van der Waals surface area contributed by atoms with Gasteiger partial charge in [-0.25, -0.2) is 0 Å². The van der Waals surface area contributed by atoms with E-state index in [1.165, 1.54) is 0 Å². The minimum atomic E-state index is -0.678. The number of likely N-dealkylation sites (tertiary alicyclic amines) is 1. The number of rotatable bonds is 8. The summed E-state index contributed by atoms with van der Waals surface area (Å²) in [4.78, 5) is 41.0. The number of nitrogens with one attached hydrogen (secondary N) is 2. The molecule has 3 amide bonds. The van der Waals surface area contributed by atoms with E-state index in [0.717, 1.165) is 5.56 Å². The smallest absolute Gasteiger partial charge is 0.253 e.